The van der Waals surface area contributed by atoms with Crippen molar-refractivity contribution >= 4 is 27.3 Å². The fraction of sp³-hybridized carbons (Fsp3) is 0.615. The van der Waals surface area contributed by atoms with E-state index in [1.54, 1.807) is 5.38 Å². The lowest BCUT2D eigenvalue weighted by Crippen LogP contribution is -2.41. The Morgan fingerprint density at radius 3 is 2.76 bits per heavy atom. The summed E-state index contributed by atoms with van der Waals surface area (Å²) in [5.41, 5.74) is 0. The van der Waals surface area contributed by atoms with Crippen LogP contribution >= 0.6 is 11.3 Å². The number of hydrogen-bond donors (Lipinski definition) is 1. The third-order valence-electron chi connectivity index (χ3n) is 3.67. The van der Waals surface area contributed by atoms with Gasteiger partial charge in [0.15, 0.2) is 0 Å². The van der Waals surface area contributed by atoms with Gasteiger partial charge in [0.2, 0.25) is 10.0 Å². The third-order valence-corrected chi connectivity index (χ3v) is 6.65. The van der Waals surface area contributed by atoms with E-state index in [-0.39, 0.29) is 15.7 Å². The van der Waals surface area contributed by atoms with Crippen molar-refractivity contribution < 1.29 is 17.9 Å². The average Bonchev–Trinajstić information content (AvgIpc) is 3.19. The fourth-order valence-corrected chi connectivity index (χ4v) is 4.96. The Labute approximate surface area is 128 Å². The zero-order valence-corrected chi connectivity index (χ0v) is 13.2. The SMILES string of the molecule is O=C(NCC1CC1)c1sccc1S(=O)(=O)N1CCOCC1. The van der Waals surface area contributed by atoms with Crippen molar-refractivity contribution in [2.75, 3.05) is 32.8 Å². The number of rotatable bonds is 5. The zero-order chi connectivity index (χ0) is 14.9. The van der Waals surface area contributed by atoms with Crippen LogP contribution in [0.15, 0.2) is 16.3 Å². The van der Waals surface area contributed by atoms with Gasteiger partial charge in [0.1, 0.15) is 9.77 Å². The molecule has 1 N–H and O–H groups in total. The molecule has 2 heterocycles. The summed E-state index contributed by atoms with van der Waals surface area (Å²) in [6.45, 7) is 2.09. The standard InChI is InChI=1S/C13H18N2O4S2/c16-13(14-9-10-1-2-10)12-11(3-8-20-12)21(17,18)15-4-6-19-7-5-15/h3,8,10H,1-2,4-7,9H2,(H,14,16). The van der Waals surface area contributed by atoms with Crippen molar-refractivity contribution in [2.24, 2.45) is 5.92 Å². The quantitative estimate of drug-likeness (QED) is 0.871. The van der Waals surface area contributed by atoms with E-state index < -0.39 is 10.0 Å². The monoisotopic (exact) mass is 330 g/mol. The lowest BCUT2D eigenvalue weighted by Gasteiger charge is -2.26. The molecule has 0 atom stereocenters. The summed E-state index contributed by atoms with van der Waals surface area (Å²) in [4.78, 5) is 12.6. The molecule has 1 aromatic heterocycles. The third kappa shape index (κ3) is 3.28. The van der Waals surface area contributed by atoms with E-state index in [1.165, 1.54) is 21.7 Å². The van der Waals surface area contributed by atoms with Gasteiger partial charge in [0.25, 0.3) is 5.91 Å². The van der Waals surface area contributed by atoms with Crippen LogP contribution < -0.4 is 5.32 Å². The molecule has 1 saturated heterocycles. The summed E-state index contributed by atoms with van der Waals surface area (Å²) in [5, 5.41) is 4.48. The topological polar surface area (TPSA) is 75.7 Å². The van der Waals surface area contributed by atoms with Crippen LogP contribution in [0.25, 0.3) is 0 Å². The Hall–Kier alpha value is -0.960. The van der Waals surface area contributed by atoms with Gasteiger partial charge in [-0.15, -0.1) is 11.3 Å². The fourth-order valence-electron chi connectivity index (χ4n) is 2.23. The van der Waals surface area contributed by atoms with Crippen LogP contribution in [0.3, 0.4) is 0 Å². The molecule has 1 aromatic rings. The van der Waals surface area contributed by atoms with Gasteiger partial charge in [-0.25, -0.2) is 8.42 Å². The summed E-state index contributed by atoms with van der Waals surface area (Å²) in [6, 6.07) is 1.52. The summed E-state index contributed by atoms with van der Waals surface area (Å²) in [6.07, 6.45) is 2.29. The second-order valence-electron chi connectivity index (χ2n) is 5.28. The van der Waals surface area contributed by atoms with Crippen molar-refractivity contribution in [1.82, 2.24) is 9.62 Å². The lowest BCUT2D eigenvalue weighted by molar-refractivity contribution is 0.0730. The first kappa shape index (κ1) is 15.0. The van der Waals surface area contributed by atoms with Gasteiger partial charge in [-0.05, 0) is 30.2 Å². The van der Waals surface area contributed by atoms with Crippen LogP contribution in [0.2, 0.25) is 0 Å². The second-order valence-corrected chi connectivity index (χ2v) is 8.11. The highest BCUT2D eigenvalue weighted by molar-refractivity contribution is 7.89. The molecule has 1 amide bonds. The Morgan fingerprint density at radius 1 is 1.38 bits per heavy atom. The smallest absolute Gasteiger partial charge is 0.262 e. The Morgan fingerprint density at radius 2 is 2.10 bits per heavy atom. The van der Waals surface area contributed by atoms with Gasteiger partial charge in [-0.3, -0.25) is 4.79 Å². The normalized spacial score (nSPS) is 20.4. The molecule has 1 aliphatic carbocycles. The van der Waals surface area contributed by atoms with Crippen LogP contribution in [0.5, 0.6) is 0 Å². The maximum atomic E-state index is 12.6. The van der Waals surface area contributed by atoms with Crippen molar-refractivity contribution in [3.05, 3.63) is 16.3 Å². The molecule has 1 aliphatic heterocycles. The van der Waals surface area contributed by atoms with E-state index in [4.69, 9.17) is 4.74 Å². The highest BCUT2D eigenvalue weighted by Gasteiger charge is 2.31. The number of amides is 1. The van der Waals surface area contributed by atoms with E-state index in [9.17, 15) is 13.2 Å². The number of carbonyl (C=O) groups is 1. The molecule has 0 aromatic carbocycles. The molecule has 8 heteroatoms. The van der Waals surface area contributed by atoms with Gasteiger partial charge in [-0.1, -0.05) is 0 Å². The number of ether oxygens (including phenoxy) is 1. The van der Waals surface area contributed by atoms with Crippen LogP contribution in [0.4, 0.5) is 0 Å². The van der Waals surface area contributed by atoms with E-state index in [0.29, 0.717) is 38.8 Å². The van der Waals surface area contributed by atoms with Crippen LogP contribution in [0, 0.1) is 5.92 Å². The Kier molecular flexibility index (Phi) is 4.30. The number of thiophene rings is 1. The lowest BCUT2D eigenvalue weighted by atomic mass is 10.4. The molecule has 0 spiro atoms. The maximum Gasteiger partial charge on any atom is 0.262 e. The predicted molar refractivity (Wildman–Crippen MR) is 79.0 cm³/mol. The maximum absolute atomic E-state index is 12.6. The molecule has 116 valence electrons. The number of morpholine rings is 1. The van der Waals surface area contributed by atoms with E-state index >= 15 is 0 Å². The van der Waals surface area contributed by atoms with Gasteiger partial charge >= 0.3 is 0 Å². The van der Waals surface area contributed by atoms with E-state index in [1.807, 2.05) is 0 Å². The van der Waals surface area contributed by atoms with E-state index in [2.05, 4.69) is 5.32 Å². The Balaban J connectivity index is 1.78. The minimum Gasteiger partial charge on any atom is -0.379 e. The average molecular weight is 330 g/mol. The molecule has 21 heavy (non-hydrogen) atoms. The molecule has 0 radical (unpaired) electrons. The van der Waals surface area contributed by atoms with Crippen LogP contribution in [0.1, 0.15) is 22.5 Å². The van der Waals surface area contributed by atoms with Crippen molar-refractivity contribution in [3.8, 4) is 0 Å². The number of hydrogen-bond acceptors (Lipinski definition) is 5. The highest BCUT2D eigenvalue weighted by atomic mass is 32.2. The number of sulfonamides is 1. The van der Waals surface area contributed by atoms with Crippen LogP contribution in [-0.4, -0.2) is 51.5 Å². The van der Waals surface area contributed by atoms with Gasteiger partial charge < -0.3 is 10.1 Å². The number of nitrogens with one attached hydrogen (secondary N) is 1. The first-order valence-electron chi connectivity index (χ1n) is 7.02. The van der Waals surface area contributed by atoms with Crippen molar-refractivity contribution in [3.63, 3.8) is 0 Å². The molecular weight excluding hydrogens is 312 g/mol. The largest absolute Gasteiger partial charge is 0.379 e. The molecule has 0 unspecified atom stereocenters. The van der Waals surface area contributed by atoms with Crippen LogP contribution in [-0.2, 0) is 14.8 Å². The number of nitrogens with zero attached hydrogens (tertiary/aromatic N) is 1. The first-order chi connectivity index (χ1) is 10.1. The minimum absolute atomic E-state index is 0.114. The van der Waals surface area contributed by atoms with E-state index in [0.717, 1.165) is 12.8 Å². The molecular formula is C13H18N2O4S2. The highest BCUT2D eigenvalue weighted by Crippen LogP contribution is 2.29. The molecule has 3 rings (SSSR count). The summed E-state index contributed by atoms with van der Waals surface area (Å²) < 4.78 is 31.8. The molecule has 2 aliphatic rings. The Bertz CT molecular complexity index is 616. The molecule has 0 bridgehead atoms. The second kappa shape index (κ2) is 6.04. The number of carbonyl (C=O) groups excluding carboxylic acids is 1. The molecule has 6 nitrogen and oxygen atoms in total. The minimum atomic E-state index is -3.61. The van der Waals surface area contributed by atoms with Crippen molar-refractivity contribution in [2.45, 2.75) is 17.7 Å². The summed E-state index contributed by atoms with van der Waals surface area (Å²) in [5.74, 6) is 0.275. The first-order valence-corrected chi connectivity index (χ1v) is 9.34. The summed E-state index contributed by atoms with van der Waals surface area (Å²) >= 11 is 1.17. The van der Waals surface area contributed by atoms with Gasteiger partial charge in [0.05, 0.1) is 13.2 Å². The summed E-state index contributed by atoms with van der Waals surface area (Å²) in [7, 11) is -3.61. The predicted octanol–water partition coefficient (Wildman–Crippen LogP) is 0.909. The van der Waals surface area contributed by atoms with Gasteiger partial charge in [0, 0.05) is 19.6 Å². The molecule has 2 fully saturated rings. The van der Waals surface area contributed by atoms with Gasteiger partial charge in [-0.2, -0.15) is 4.31 Å². The molecule has 1 saturated carbocycles. The van der Waals surface area contributed by atoms with Crippen molar-refractivity contribution in [1.29, 1.82) is 0 Å². The zero-order valence-electron chi connectivity index (χ0n) is 11.6.